The zero-order valence-corrected chi connectivity index (χ0v) is 14.6. The Hall–Kier alpha value is -3.06. The van der Waals surface area contributed by atoms with Crippen molar-refractivity contribution in [2.45, 2.75) is 26.3 Å². The average molecular weight is 372 g/mol. The number of nitrogens with one attached hydrogen (secondary N) is 2. The quantitative estimate of drug-likeness (QED) is 0.620. The Morgan fingerprint density at radius 3 is 2.59 bits per heavy atom. The summed E-state index contributed by atoms with van der Waals surface area (Å²) in [5, 5.41) is 16.7. The Bertz CT molecular complexity index is 1100. The number of tetrazole rings is 1. The van der Waals surface area contributed by atoms with Crippen LogP contribution in [0.4, 0.5) is 0 Å². The number of ether oxygens (including phenoxy) is 1. The minimum Gasteiger partial charge on any atom is -0.468 e. The number of hydrogen-bond donors (Lipinski definition) is 2. The summed E-state index contributed by atoms with van der Waals surface area (Å²) in [6.07, 6.45) is 0. The number of H-pyrrole nitrogens is 1. The van der Waals surface area contributed by atoms with Gasteiger partial charge in [-0.1, -0.05) is 62.2 Å². The lowest BCUT2D eigenvalue weighted by Gasteiger charge is -2.20. The number of aromatic nitrogens is 4. The Kier molecular flexibility index (Phi) is 3.68. The van der Waals surface area contributed by atoms with Crippen molar-refractivity contribution < 1.29 is 19.1 Å². The van der Waals surface area contributed by atoms with E-state index in [0.717, 1.165) is 23.8 Å². The van der Waals surface area contributed by atoms with Crippen LogP contribution in [0.25, 0.3) is 22.5 Å². The third-order valence-corrected chi connectivity index (χ3v) is 4.01. The number of benzene rings is 2. The lowest BCUT2D eigenvalue weighted by Crippen LogP contribution is -2.41. The molecule has 0 saturated carbocycles. The van der Waals surface area contributed by atoms with Crippen molar-refractivity contribution >= 4 is 5.97 Å². The van der Waals surface area contributed by atoms with Gasteiger partial charge >= 0.3 is 5.97 Å². The highest BCUT2D eigenvalue weighted by molar-refractivity contribution is 5.80. The summed E-state index contributed by atoms with van der Waals surface area (Å²) in [6, 6.07) is 12.6. The first-order valence-electron chi connectivity index (χ1n) is 11.6. The van der Waals surface area contributed by atoms with Crippen molar-refractivity contribution in [3.8, 4) is 22.5 Å². The molecule has 3 aromatic rings. The highest BCUT2D eigenvalue weighted by Crippen LogP contribution is 2.29. The maximum atomic E-state index is 12.3. The summed E-state index contributed by atoms with van der Waals surface area (Å²) in [6.45, 7) is -6.64. The molecule has 140 valence electrons. The summed E-state index contributed by atoms with van der Waals surface area (Å²) >= 11 is 0. The standard InChI is InChI=1S/C20H23N5O2/c1-13(2)18(20(26)27-3)21-12-14-8-10-15(11-9-14)16-6-4-5-7-17(16)19-22-24-25-23-19/h4-11,13,18,21H,12H2,1-3H3,(H,22,23,24,25)/t18-/m0/s1/i1D3,2D3,13D. The van der Waals surface area contributed by atoms with Crippen LogP contribution in [0.2, 0.25) is 0 Å². The average Bonchev–Trinajstić information content (AvgIpc) is 3.32. The van der Waals surface area contributed by atoms with E-state index >= 15 is 0 Å². The third kappa shape index (κ3) is 4.38. The fourth-order valence-electron chi connectivity index (χ4n) is 2.65. The normalized spacial score (nSPS) is 17.3. The van der Waals surface area contributed by atoms with Crippen LogP contribution in [-0.2, 0) is 16.1 Å². The molecule has 0 aliphatic rings. The van der Waals surface area contributed by atoms with Crippen LogP contribution in [-0.4, -0.2) is 39.7 Å². The lowest BCUT2D eigenvalue weighted by atomic mass is 9.98. The Labute approximate surface area is 168 Å². The highest BCUT2D eigenvalue weighted by Gasteiger charge is 2.22. The molecule has 0 bridgehead atoms. The molecule has 27 heavy (non-hydrogen) atoms. The number of rotatable bonds is 7. The zero-order chi connectivity index (χ0) is 25.1. The summed E-state index contributed by atoms with van der Waals surface area (Å²) in [5.41, 5.74) is 3.09. The van der Waals surface area contributed by atoms with Crippen molar-refractivity contribution in [3.05, 3.63) is 54.1 Å². The zero-order valence-electron chi connectivity index (χ0n) is 21.6. The molecule has 1 aromatic heterocycles. The van der Waals surface area contributed by atoms with Crippen LogP contribution < -0.4 is 5.32 Å². The van der Waals surface area contributed by atoms with E-state index in [-0.39, 0.29) is 6.54 Å². The third-order valence-electron chi connectivity index (χ3n) is 4.01. The van der Waals surface area contributed by atoms with E-state index in [9.17, 15) is 4.79 Å². The molecule has 1 atom stereocenters. The second-order valence-corrected chi connectivity index (χ2v) is 5.73. The number of aromatic amines is 1. The fraction of sp³-hybridized carbons (Fsp3) is 0.300. The van der Waals surface area contributed by atoms with Crippen LogP contribution in [0.3, 0.4) is 0 Å². The monoisotopic (exact) mass is 372 g/mol. The van der Waals surface area contributed by atoms with Gasteiger partial charge in [0.05, 0.1) is 7.11 Å². The van der Waals surface area contributed by atoms with E-state index in [2.05, 4.69) is 30.7 Å². The maximum Gasteiger partial charge on any atom is 0.323 e. The summed E-state index contributed by atoms with van der Waals surface area (Å²) < 4.78 is 58.8. The molecule has 0 radical (unpaired) electrons. The van der Waals surface area contributed by atoms with E-state index in [1.165, 1.54) is 0 Å². The summed E-state index contributed by atoms with van der Waals surface area (Å²) in [7, 11) is 1.01. The molecule has 1 heterocycles. The predicted octanol–water partition coefficient (Wildman–Crippen LogP) is 2.82. The molecular formula is C20H23N5O2. The number of nitrogens with zero attached hydrogens (tertiary/aromatic N) is 3. The Morgan fingerprint density at radius 2 is 1.96 bits per heavy atom. The van der Waals surface area contributed by atoms with Gasteiger partial charge in [-0.25, -0.2) is 0 Å². The number of methoxy groups -OCH3 is 1. The smallest absolute Gasteiger partial charge is 0.323 e. The molecule has 0 unspecified atom stereocenters. The van der Waals surface area contributed by atoms with Gasteiger partial charge in [0.15, 0.2) is 0 Å². The molecule has 7 heteroatoms. The number of esters is 1. The first-order chi connectivity index (χ1) is 15.9. The minimum absolute atomic E-state index is 0.0701. The van der Waals surface area contributed by atoms with Crippen LogP contribution in [0.1, 0.15) is 28.9 Å². The van der Waals surface area contributed by atoms with E-state index in [1.807, 2.05) is 36.4 Å². The molecule has 3 rings (SSSR count). The van der Waals surface area contributed by atoms with E-state index in [0.29, 0.717) is 11.4 Å². The fourth-order valence-corrected chi connectivity index (χ4v) is 2.65. The Balaban J connectivity index is 1.86. The van der Waals surface area contributed by atoms with Crippen molar-refractivity contribution in [1.29, 1.82) is 0 Å². The van der Waals surface area contributed by atoms with Gasteiger partial charge in [0.25, 0.3) is 0 Å². The minimum atomic E-state index is -3.28. The van der Waals surface area contributed by atoms with E-state index in [1.54, 1.807) is 12.1 Å². The molecular weight excluding hydrogens is 342 g/mol. The van der Waals surface area contributed by atoms with Gasteiger partial charge in [-0.3, -0.25) is 4.79 Å². The highest BCUT2D eigenvalue weighted by atomic mass is 16.5. The topological polar surface area (TPSA) is 92.8 Å². The summed E-state index contributed by atoms with van der Waals surface area (Å²) in [5.74, 6) is -3.83. The van der Waals surface area contributed by atoms with Crippen molar-refractivity contribution in [2.75, 3.05) is 7.11 Å². The number of carbonyl (C=O) groups excluding carboxylic acids is 1. The van der Waals surface area contributed by atoms with E-state index < -0.39 is 31.6 Å². The lowest BCUT2D eigenvalue weighted by molar-refractivity contribution is -0.144. The molecule has 0 saturated heterocycles. The molecule has 0 aliphatic carbocycles. The Morgan fingerprint density at radius 1 is 1.22 bits per heavy atom. The molecule has 2 aromatic carbocycles. The first kappa shape index (κ1) is 11.6. The molecule has 2 N–H and O–H groups in total. The van der Waals surface area contributed by atoms with Crippen molar-refractivity contribution in [3.63, 3.8) is 0 Å². The van der Waals surface area contributed by atoms with Gasteiger partial charge in [0, 0.05) is 21.7 Å². The predicted molar refractivity (Wildman–Crippen MR) is 103 cm³/mol. The number of carbonyl (C=O) groups is 1. The van der Waals surface area contributed by atoms with Crippen molar-refractivity contribution in [1.82, 2.24) is 25.9 Å². The second kappa shape index (κ2) is 8.55. The maximum absolute atomic E-state index is 12.3. The van der Waals surface area contributed by atoms with Crippen LogP contribution in [0.15, 0.2) is 48.5 Å². The van der Waals surface area contributed by atoms with Gasteiger partial charge in [-0.05, 0) is 27.8 Å². The summed E-state index contributed by atoms with van der Waals surface area (Å²) in [4.78, 5) is 12.3. The second-order valence-electron chi connectivity index (χ2n) is 5.73. The molecule has 0 fully saturated rings. The van der Waals surface area contributed by atoms with Gasteiger partial charge in [-0.15, -0.1) is 10.2 Å². The van der Waals surface area contributed by atoms with Gasteiger partial charge in [-0.2, -0.15) is 5.21 Å². The van der Waals surface area contributed by atoms with Crippen LogP contribution in [0.5, 0.6) is 0 Å². The van der Waals surface area contributed by atoms with Crippen LogP contribution in [0, 0.1) is 5.89 Å². The number of hydrogen-bond acceptors (Lipinski definition) is 6. The molecule has 0 amide bonds. The van der Waals surface area contributed by atoms with Gasteiger partial charge < -0.3 is 10.1 Å². The first-order valence-corrected chi connectivity index (χ1v) is 8.13. The largest absolute Gasteiger partial charge is 0.468 e. The van der Waals surface area contributed by atoms with Crippen LogP contribution >= 0.6 is 0 Å². The van der Waals surface area contributed by atoms with Crippen molar-refractivity contribution in [2.24, 2.45) is 5.89 Å². The van der Waals surface area contributed by atoms with E-state index in [4.69, 9.17) is 9.60 Å². The SMILES string of the molecule is [2H]C([2H])([2H])C([2H])([C@H](NCc1ccc(-c2ccccc2-c2nn[nH]n2)cc1)C(=O)OC)C([2H])([2H])[2H]. The van der Waals surface area contributed by atoms with Gasteiger partial charge in [0.2, 0.25) is 5.82 Å². The molecule has 0 aliphatic heterocycles. The molecule has 0 spiro atoms. The molecule has 7 nitrogen and oxygen atoms in total. The van der Waals surface area contributed by atoms with Gasteiger partial charge in [0.1, 0.15) is 6.04 Å².